The fourth-order valence-electron chi connectivity index (χ4n) is 1.91. The number of rotatable bonds is 5. The van der Waals surface area contributed by atoms with Gasteiger partial charge >= 0.3 is 0 Å². The molecule has 14 heavy (non-hydrogen) atoms. The molecule has 0 atom stereocenters. The normalized spacial score (nSPS) is 17.6. The molecule has 82 valence electrons. The second-order valence-corrected chi connectivity index (χ2v) is 4.41. The van der Waals surface area contributed by atoms with Crippen molar-refractivity contribution in [3.63, 3.8) is 0 Å². The van der Waals surface area contributed by atoms with Gasteiger partial charge in [-0.25, -0.2) is 0 Å². The summed E-state index contributed by atoms with van der Waals surface area (Å²) in [5, 5.41) is 6.31. The van der Waals surface area contributed by atoms with Gasteiger partial charge in [0.25, 0.3) is 0 Å². The molecule has 2 N–H and O–H groups in total. The van der Waals surface area contributed by atoms with Crippen LogP contribution in [-0.2, 0) is 4.79 Å². The topological polar surface area (TPSA) is 41.1 Å². The largest absolute Gasteiger partial charge is 0.354 e. The minimum atomic E-state index is 0.158. The summed E-state index contributed by atoms with van der Waals surface area (Å²) < 4.78 is 0. The molecule has 1 fully saturated rings. The van der Waals surface area contributed by atoms with Gasteiger partial charge in [0.15, 0.2) is 0 Å². The summed E-state index contributed by atoms with van der Waals surface area (Å²) in [6.45, 7) is 4.80. The van der Waals surface area contributed by atoms with Crippen molar-refractivity contribution in [2.24, 2.45) is 0 Å². The van der Waals surface area contributed by atoms with Gasteiger partial charge in [-0.05, 0) is 26.7 Å². The standard InChI is InChI=1S/C11H22N2O/c1-9(2)13-11(14)7-8-12-10-5-3-4-6-10/h9-10,12H,3-8H2,1-2H3,(H,13,14). The van der Waals surface area contributed by atoms with Crippen LogP contribution in [0.5, 0.6) is 0 Å². The highest BCUT2D eigenvalue weighted by molar-refractivity contribution is 5.76. The number of amides is 1. The van der Waals surface area contributed by atoms with Gasteiger partial charge in [0.1, 0.15) is 0 Å². The van der Waals surface area contributed by atoms with Crippen molar-refractivity contribution in [3.05, 3.63) is 0 Å². The Morgan fingerprint density at radius 2 is 2.00 bits per heavy atom. The molecule has 0 aromatic carbocycles. The number of hydrogen-bond acceptors (Lipinski definition) is 2. The average molecular weight is 198 g/mol. The second kappa shape index (κ2) is 6.02. The maximum absolute atomic E-state index is 11.3. The third-order valence-corrected chi connectivity index (χ3v) is 2.59. The SMILES string of the molecule is CC(C)NC(=O)CCNC1CCCC1. The quantitative estimate of drug-likeness (QED) is 0.701. The summed E-state index contributed by atoms with van der Waals surface area (Å²) >= 11 is 0. The first-order chi connectivity index (χ1) is 6.68. The van der Waals surface area contributed by atoms with Crippen molar-refractivity contribution >= 4 is 5.91 Å². The van der Waals surface area contributed by atoms with Gasteiger partial charge in [0.05, 0.1) is 0 Å². The molecule has 1 amide bonds. The Morgan fingerprint density at radius 3 is 2.57 bits per heavy atom. The Hall–Kier alpha value is -0.570. The summed E-state index contributed by atoms with van der Waals surface area (Å²) in [6, 6.07) is 0.927. The van der Waals surface area contributed by atoms with Gasteiger partial charge in [-0.2, -0.15) is 0 Å². The number of carbonyl (C=O) groups excluding carboxylic acids is 1. The Balaban J connectivity index is 1.99. The molecule has 0 saturated heterocycles. The van der Waals surface area contributed by atoms with Crippen LogP contribution in [-0.4, -0.2) is 24.5 Å². The van der Waals surface area contributed by atoms with Crippen LogP contribution in [0.4, 0.5) is 0 Å². The molecule has 0 bridgehead atoms. The molecule has 3 heteroatoms. The maximum Gasteiger partial charge on any atom is 0.221 e. The van der Waals surface area contributed by atoms with Crippen molar-refractivity contribution in [2.75, 3.05) is 6.54 Å². The van der Waals surface area contributed by atoms with Crippen molar-refractivity contribution in [3.8, 4) is 0 Å². The Kier molecular flexibility index (Phi) is 4.94. The summed E-state index contributed by atoms with van der Waals surface area (Å²) in [5.41, 5.74) is 0. The van der Waals surface area contributed by atoms with Gasteiger partial charge in [0, 0.05) is 25.0 Å². The first-order valence-corrected chi connectivity index (χ1v) is 5.71. The minimum Gasteiger partial charge on any atom is -0.354 e. The monoisotopic (exact) mass is 198 g/mol. The summed E-state index contributed by atoms with van der Waals surface area (Å²) in [4.78, 5) is 11.3. The van der Waals surface area contributed by atoms with Crippen LogP contribution in [0.25, 0.3) is 0 Å². The van der Waals surface area contributed by atoms with Crippen molar-refractivity contribution < 1.29 is 4.79 Å². The van der Waals surface area contributed by atoms with Gasteiger partial charge in [-0.15, -0.1) is 0 Å². The molecule has 0 aliphatic heterocycles. The van der Waals surface area contributed by atoms with E-state index in [9.17, 15) is 4.79 Å². The third kappa shape index (κ3) is 4.61. The highest BCUT2D eigenvalue weighted by atomic mass is 16.1. The first-order valence-electron chi connectivity index (χ1n) is 5.71. The average Bonchev–Trinajstić information content (AvgIpc) is 2.55. The lowest BCUT2D eigenvalue weighted by atomic mass is 10.2. The van der Waals surface area contributed by atoms with E-state index in [0.717, 1.165) is 6.54 Å². The molecule has 1 saturated carbocycles. The fraction of sp³-hybridized carbons (Fsp3) is 0.909. The molecular weight excluding hydrogens is 176 g/mol. The third-order valence-electron chi connectivity index (χ3n) is 2.59. The minimum absolute atomic E-state index is 0.158. The molecule has 1 aliphatic carbocycles. The zero-order valence-electron chi connectivity index (χ0n) is 9.31. The highest BCUT2D eigenvalue weighted by Gasteiger charge is 2.14. The fourth-order valence-corrected chi connectivity index (χ4v) is 1.91. The van der Waals surface area contributed by atoms with Crippen LogP contribution in [0, 0.1) is 0 Å². The van der Waals surface area contributed by atoms with Crippen LogP contribution in [0.15, 0.2) is 0 Å². The number of nitrogens with one attached hydrogen (secondary N) is 2. The lowest BCUT2D eigenvalue weighted by molar-refractivity contribution is -0.121. The van der Waals surface area contributed by atoms with E-state index in [1.807, 2.05) is 13.8 Å². The van der Waals surface area contributed by atoms with Gasteiger partial charge < -0.3 is 10.6 Å². The van der Waals surface area contributed by atoms with E-state index < -0.39 is 0 Å². The van der Waals surface area contributed by atoms with Crippen LogP contribution in [0.2, 0.25) is 0 Å². The molecule has 3 nitrogen and oxygen atoms in total. The van der Waals surface area contributed by atoms with Crippen molar-refractivity contribution in [2.45, 2.75) is 58.0 Å². The van der Waals surface area contributed by atoms with E-state index in [1.165, 1.54) is 25.7 Å². The predicted molar refractivity (Wildman–Crippen MR) is 58.2 cm³/mol. The highest BCUT2D eigenvalue weighted by Crippen LogP contribution is 2.17. The molecule has 0 heterocycles. The molecule has 0 spiro atoms. The molecule has 1 aliphatic rings. The van der Waals surface area contributed by atoms with Crippen LogP contribution in [0.1, 0.15) is 46.0 Å². The van der Waals surface area contributed by atoms with Gasteiger partial charge in [-0.1, -0.05) is 12.8 Å². The Bertz CT molecular complexity index is 174. The van der Waals surface area contributed by atoms with E-state index >= 15 is 0 Å². The van der Waals surface area contributed by atoms with Gasteiger partial charge in [0.2, 0.25) is 5.91 Å². The molecule has 0 aromatic heterocycles. The lowest BCUT2D eigenvalue weighted by Crippen LogP contribution is -2.34. The Labute approximate surface area is 86.6 Å². The zero-order valence-corrected chi connectivity index (χ0v) is 9.31. The lowest BCUT2D eigenvalue weighted by Gasteiger charge is -2.12. The summed E-state index contributed by atoms with van der Waals surface area (Å²) in [7, 11) is 0. The smallest absolute Gasteiger partial charge is 0.221 e. The van der Waals surface area contributed by atoms with Crippen LogP contribution >= 0.6 is 0 Å². The summed E-state index contributed by atoms with van der Waals surface area (Å²) in [5.74, 6) is 0.158. The molecule has 0 radical (unpaired) electrons. The number of hydrogen-bond donors (Lipinski definition) is 2. The van der Waals surface area contributed by atoms with E-state index in [1.54, 1.807) is 0 Å². The van der Waals surface area contributed by atoms with E-state index in [2.05, 4.69) is 10.6 Å². The molecule has 1 rings (SSSR count). The second-order valence-electron chi connectivity index (χ2n) is 4.41. The van der Waals surface area contributed by atoms with E-state index in [-0.39, 0.29) is 11.9 Å². The molecule has 0 unspecified atom stereocenters. The van der Waals surface area contributed by atoms with Crippen LogP contribution in [0.3, 0.4) is 0 Å². The van der Waals surface area contributed by atoms with Gasteiger partial charge in [-0.3, -0.25) is 4.79 Å². The zero-order chi connectivity index (χ0) is 10.4. The van der Waals surface area contributed by atoms with Crippen LogP contribution < -0.4 is 10.6 Å². The van der Waals surface area contributed by atoms with E-state index in [4.69, 9.17) is 0 Å². The predicted octanol–water partition coefficient (Wildman–Crippen LogP) is 1.43. The van der Waals surface area contributed by atoms with E-state index in [0.29, 0.717) is 12.5 Å². The first kappa shape index (κ1) is 11.5. The van der Waals surface area contributed by atoms with Crippen molar-refractivity contribution in [1.29, 1.82) is 0 Å². The molecular formula is C11H22N2O. The summed E-state index contributed by atoms with van der Waals surface area (Å²) in [6.07, 6.45) is 5.86. The maximum atomic E-state index is 11.3. The Morgan fingerprint density at radius 1 is 1.36 bits per heavy atom. The van der Waals surface area contributed by atoms with Crippen molar-refractivity contribution in [1.82, 2.24) is 10.6 Å². The molecule has 0 aromatic rings. The number of carbonyl (C=O) groups is 1.